The van der Waals surface area contributed by atoms with E-state index in [0.717, 1.165) is 29.4 Å². The first-order valence-corrected chi connectivity index (χ1v) is 8.27. The van der Waals surface area contributed by atoms with Crippen LogP contribution in [0, 0.1) is 0 Å². The Kier molecular flexibility index (Phi) is 4.58. The summed E-state index contributed by atoms with van der Waals surface area (Å²) in [6.45, 7) is 1.82. The van der Waals surface area contributed by atoms with Gasteiger partial charge in [-0.1, -0.05) is 30.3 Å². The first-order chi connectivity index (χ1) is 9.84. The number of halogens is 1. The molecule has 0 aromatic heterocycles. The van der Waals surface area contributed by atoms with Gasteiger partial charge in [0.2, 0.25) is 0 Å². The number of fused-ring (bicyclic) bond motifs is 1. The first-order valence-electron chi connectivity index (χ1n) is 7.48. The molecule has 0 heterocycles. The topological polar surface area (TPSA) is 25.8 Å². The van der Waals surface area contributed by atoms with Crippen LogP contribution in [0.4, 0.5) is 0 Å². The molecular weight excluding hydrogens is 314 g/mol. The van der Waals surface area contributed by atoms with Gasteiger partial charge in [-0.3, -0.25) is 0 Å². The van der Waals surface area contributed by atoms with Crippen LogP contribution in [0.5, 0.6) is 5.75 Å². The predicted molar refractivity (Wildman–Crippen MR) is 86.2 cm³/mol. The lowest BCUT2D eigenvalue weighted by molar-refractivity contribution is -0.688. The number of nitrogens with two attached hydrogens (primary N) is 1. The second-order valence-electron chi connectivity index (χ2n) is 5.52. The zero-order chi connectivity index (χ0) is 13.8. The minimum Gasteiger partial charge on any atom is -0.487 e. The Bertz CT molecular complexity index is 578. The maximum absolute atomic E-state index is 5.93. The second-order valence-corrected chi connectivity index (χ2v) is 6.31. The predicted octanol–water partition coefficient (Wildman–Crippen LogP) is 3.49. The molecule has 1 aliphatic rings. The summed E-state index contributed by atoms with van der Waals surface area (Å²) in [7, 11) is 0. The highest BCUT2D eigenvalue weighted by Crippen LogP contribution is 2.32. The quantitative estimate of drug-likeness (QED) is 0.832. The molecule has 0 bridgehead atoms. The zero-order valence-corrected chi connectivity index (χ0v) is 13.2. The lowest BCUT2D eigenvalue weighted by atomic mass is 10.1. The molecule has 1 aliphatic carbocycles. The van der Waals surface area contributed by atoms with Gasteiger partial charge in [0.1, 0.15) is 18.9 Å². The van der Waals surface area contributed by atoms with E-state index in [-0.39, 0.29) is 0 Å². The first kappa shape index (κ1) is 13.9. The van der Waals surface area contributed by atoms with Gasteiger partial charge in [0.15, 0.2) is 0 Å². The average Bonchev–Trinajstić information content (AvgIpc) is 2.99. The Labute approximate surface area is 128 Å². The summed E-state index contributed by atoms with van der Waals surface area (Å²) in [5, 5.41) is 4.90. The SMILES string of the molecule is Brc1c(OCC[NH2+]C2CCCC2)ccc2ccccc12. The molecule has 0 aliphatic heterocycles. The molecular formula is C17H21BrNO+. The van der Waals surface area contributed by atoms with Gasteiger partial charge in [-0.05, 0) is 58.5 Å². The molecule has 1 fully saturated rings. The highest BCUT2D eigenvalue weighted by atomic mass is 79.9. The Morgan fingerprint density at radius 1 is 1.10 bits per heavy atom. The number of hydrogen-bond acceptors (Lipinski definition) is 1. The molecule has 0 unspecified atom stereocenters. The lowest BCUT2D eigenvalue weighted by Gasteiger charge is -2.12. The summed E-state index contributed by atoms with van der Waals surface area (Å²) in [6, 6.07) is 13.4. The number of ether oxygens (including phenoxy) is 1. The standard InChI is InChI=1S/C17H20BrNO/c18-17-15-8-4-1-5-13(15)9-10-16(17)20-12-11-19-14-6-2-3-7-14/h1,4-5,8-10,14,19H,2-3,6-7,11-12H2/p+1. The van der Waals surface area contributed by atoms with E-state index < -0.39 is 0 Å². The van der Waals surface area contributed by atoms with Crippen molar-refractivity contribution in [1.29, 1.82) is 0 Å². The van der Waals surface area contributed by atoms with Crippen molar-refractivity contribution < 1.29 is 10.1 Å². The molecule has 20 heavy (non-hydrogen) atoms. The normalized spacial score (nSPS) is 15.8. The van der Waals surface area contributed by atoms with Gasteiger partial charge in [0, 0.05) is 0 Å². The second kappa shape index (κ2) is 6.59. The van der Waals surface area contributed by atoms with Gasteiger partial charge in [-0.2, -0.15) is 0 Å². The molecule has 1 saturated carbocycles. The van der Waals surface area contributed by atoms with Crippen molar-refractivity contribution in [2.75, 3.05) is 13.2 Å². The van der Waals surface area contributed by atoms with Crippen LogP contribution < -0.4 is 10.1 Å². The minimum absolute atomic E-state index is 0.771. The van der Waals surface area contributed by atoms with Crippen molar-refractivity contribution in [3.05, 3.63) is 40.9 Å². The molecule has 3 rings (SSSR count). The summed E-state index contributed by atoms with van der Waals surface area (Å²) in [6.07, 6.45) is 5.55. The van der Waals surface area contributed by atoms with Gasteiger partial charge >= 0.3 is 0 Å². The molecule has 3 heteroatoms. The van der Waals surface area contributed by atoms with Gasteiger partial charge in [0.05, 0.1) is 10.5 Å². The summed E-state index contributed by atoms with van der Waals surface area (Å²) in [5.74, 6) is 0.948. The van der Waals surface area contributed by atoms with Crippen molar-refractivity contribution in [3.63, 3.8) is 0 Å². The molecule has 0 spiro atoms. The van der Waals surface area contributed by atoms with Crippen LogP contribution in [0.3, 0.4) is 0 Å². The zero-order valence-electron chi connectivity index (χ0n) is 11.6. The molecule has 0 saturated heterocycles. The van der Waals surface area contributed by atoms with Crippen molar-refractivity contribution >= 4 is 26.7 Å². The van der Waals surface area contributed by atoms with Crippen LogP contribution in [0.25, 0.3) is 10.8 Å². The van der Waals surface area contributed by atoms with E-state index >= 15 is 0 Å². The third-order valence-electron chi connectivity index (χ3n) is 4.10. The smallest absolute Gasteiger partial charge is 0.137 e. The highest BCUT2D eigenvalue weighted by Gasteiger charge is 2.17. The van der Waals surface area contributed by atoms with Crippen molar-refractivity contribution in [1.82, 2.24) is 0 Å². The Morgan fingerprint density at radius 3 is 2.75 bits per heavy atom. The van der Waals surface area contributed by atoms with E-state index in [1.165, 1.54) is 36.5 Å². The molecule has 2 aromatic rings. The van der Waals surface area contributed by atoms with E-state index in [1.807, 2.05) is 0 Å². The minimum atomic E-state index is 0.771. The van der Waals surface area contributed by atoms with Gasteiger partial charge in [-0.25, -0.2) is 0 Å². The van der Waals surface area contributed by atoms with Crippen molar-refractivity contribution in [2.24, 2.45) is 0 Å². The third-order valence-corrected chi connectivity index (χ3v) is 4.92. The van der Waals surface area contributed by atoms with Crippen LogP contribution in [0.2, 0.25) is 0 Å². The van der Waals surface area contributed by atoms with Crippen LogP contribution in [0.15, 0.2) is 40.9 Å². The number of rotatable bonds is 5. The fourth-order valence-electron chi connectivity index (χ4n) is 2.99. The maximum atomic E-state index is 5.93. The van der Waals surface area contributed by atoms with Crippen LogP contribution >= 0.6 is 15.9 Å². The monoisotopic (exact) mass is 334 g/mol. The summed E-state index contributed by atoms with van der Waals surface area (Å²) < 4.78 is 6.99. The molecule has 2 N–H and O–H groups in total. The van der Waals surface area contributed by atoms with E-state index in [2.05, 4.69) is 57.6 Å². The largest absolute Gasteiger partial charge is 0.487 e. The van der Waals surface area contributed by atoms with Gasteiger partial charge in [-0.15, -0.1) is 0 Å². The van der Waals surface area contributed by atoms with E-state index in [4.69, 9.17) is 4.74 Å². The Morgan fingerprint density at radius 2 is 1.90 bits per heavy atom. The number of hydrogen-bond donors (Lipinski definition) is 1. The van der Waals surface area contributed by atoms with Gasteiger partial charge in [0.25, 0.3) is 0 Å². The molecule has 2 aromatic carbocycles. The Hall–Kier alpha value is -1.06. The lowest BCUT2D eigenvalue weighted by Crippen LogP contribution is -2.90. The molecule has 106 valence electrons. The summed E-state index contributed by atoms with van der Waals surface area (Å²) >= 11 is 3.67. The molecule has 0 amide bonds. The van der Waals surface area contributed by atoms with Gasteiger partial charge < -0.3 is 10.1 Å². The molecule has 0 radical (unpaired) electrons. The third kappa shape index (κ3) is 3.15. The van der Waals surface area contributed by atoms with E-state index in [9.17, 15) is 0 Å². The number of quaternary nitrogens is 1. The van der Waals surface area contributed by atoms with Crippen LogP contribution in [-0.2, 0) is 0 Å². The molecule has 2 nitrogen and oxygen atoms in total. The fraction of sp³-hybridized carbons (Fsp3) is 0.412. The summed E-state index contributed by atoms with van der Waals surface area (Å²) in [4.78, 5) is 0. The highest BCUT2D eigenvalue weighted by molar-refractivity contribution is 9.10. The van der Waals surface area contributed by atoms with Crippen LogP contribution in [-0.4, -0.2) is 19.2 Å². The number of benzene rings is 2. The average molecular weight is 335 g/mol. The fourth-order valence-corrected chi connectivity index (χ4v) is 3.60. The maximum Gasteiger partial charge on any atom is 0.137 e. The molecule has 0 atom stereocenters. The summed E-state index contributed by atoms with van der Waals surface area (Å²) in [5.41, 5.74) is 0. The van der Waals surface area contributed by atoms with Crippen molar-refractivity contribution in [2.45, 2.75) is 31.7 Å². The van der Waals surface area contributed by atoms with E-state index in [0.29, 0.717) is 0 Å². The van der Waals surface area contributed by atoms with E-state index in [1.54, 1.807) is 0 Å². The Balaban J connectivity index is 1.58. The van der Waals surface area contributed by atoms with Crippen molar-refractivity contribution in [3.8, 4) is 5.75 Å². The van der Waals surface area contributed by atoms with Crippen LogP contribution in [0.1, 0.15) is 25.7 Å².